The number of hydrogen-bond donors (Lipinski definition) is 1. The first-order valence-corrected chi connectivity index (χ1v) is 9.26. The third kappa shape index (κ3) is 3.31. The topological polar surface area (TPSA) is 105 Å². The summed E-state index contributed by atoms with van der Waals surface area (Å²) in [5.41, 5.74) is 2.65. The van der Waals surface area contributed by atoms with Crippen LogP contribution in [0.25, 0.3) is 21.9 Å². The average Bonchev–Trinajstić information content (AvgIpc) is 3.25. The molecule has 2 aromatic heterocycles. The highest BCUT2D eigenvalue weighted by molar-refractivity contribution is 6.29. The van der Waals surface area contributed by atoms with Gasteiger partial charge in [-0.25, -0.2) is 13.8 Å². The van der Waals surface area contributed by atoms with Gasteiger partial charge in [0.05, 0.1) is 47.2 Å². The highest BCUT2D eigenvalue weighted by atomic mass is 19.3. The van der Waals surface area contributed by atoms with Gasteiger partial charge in [-0.1, -0.05) is 0 Å². The second-order valence-corrected chi connectivity index (χ2v) is 7.14. The summed E-state index contributed by atoms with van der Waals surface area (Å²) in [5.74, 6) is 2.79. The number of aromatic nitrogens is 3. The molecule has 29 heavy (non-hydrogen) atoms. The van der Waals surface area contributed by atoms with E-state index in [1.165, 1.54) is 6.21 Å². The van der Waals surface area contributed by atoms with Crippen LogP contribution in [0, 0.1) is 11.3 Å². The molecule has 0 bridgehead atoms. The van der Waals surface area contributed by atoms with Gasteiger partial charge in [0.1, 0.15) is 11.3 Å². The van der Waals surface area contributed by atoms with Crippen molar-refractivity contribution in [1.82, 2.24) is 14.5 Å². The molecule has 7 nitrogen and oxygen atoms in total. The van der Waals surface area contributed by atoms with Crippen LogP contribution in [0.15, 0.2) is 34.5 Å². The molecular formula is C20H19F2N7. The average molecular weight is 395 g/mol. The normalized spacial score (nSPS) is 19.4. The zero-order valence-corrected chi connectivity index (χ0v) is 15.8. The summed E-state index contributed by atoms with van der Waals surface area (Å²) in [6.45, 7) is 1.80. The van der Waals surface area contributed by atoms with Crippen molar-refractivity contribution < 1.29 is 8.78 Å². The SMILES string of the molecule is CC(C=NCc1nc2cnc3ccc(C#N)cc3c2n1C1CCCC1(F)F)=NN. The first kappa shape index (κ1) is 18.9. The van der Waals surface area contributed by atoms with E-state index in [0.717, 1.165) is 0 Å². The van der Waals surface area contributed by atoms with Crippen LogP contribution in [0.4, 0.5) is 8.78 Å². The summed E-state index contributed by atoms with van der Waals surface area (Å²) in [4.78, 5) is 13.2. The van der Waals surface area contributed by atoms with Crippen molar-refractivity contribution in [2.45, 2.75) is 44.7 Å². The molecule has 1 saturated carbocycles. The lowest BCUT2D eigenvalue weighted by molar-refractivity contribution is -0.0301. The van der Waals surface area contributed by atoms with Crippen molar-refractivity contribution in [2.75, 3.05) is 0 Å². The van der Waals surface area contributed by atoms with Crippen molar-refractivity contribution in [1.29, 1.82) is 5.26 Å². The van der Waals surface area contributed by atoms with E-state index in [9.17, 15) is 14.0 Å². The van der Waals surface area contributed by atoms with Gasteiger partial charge < -0.3 is 10.4 Å². The van der Waals surface area contributed by atoms with E-state index < -0.39 is 12.0 Å². The van der Waals surface area contributed by atoms with Gasteiger partial charge in [-0.15, -0.1) is 0 Å². The van der Waals surface area contributed by atoms with Gasteiger partial charge in [-0.3, -0.25) is 9.98 Å². The Morgan fingerprint density at radius 3 is 2.97 bits per heavy atom. The number of alkyl halides is 2. The van der Waals surface area contributed by atoms with Gasteiger partial charge >= 0.3 is 0 Å². The van der Waals surface area contributed by atoms with Gasteiger partial charge in [0.2, 0.25) is 0 Å². The number of aliphatic imine (C=N–C) groups is 1. The van der Waals surface area contributed by atoms with Gasteiger partial charge in [0, 0.05) is 18.0 Å². The summed E-state index contributed by atoms with van der Waals surface area (Å²) >= 11 is 0. The van der Waals surface area contributed by atoms with E-state index in [2.05, 4.69) is 26.1 Å². The second kappa shape index (κ2) is 7.20. The number of benzene rings is 1. The first-order valence-electron chi connectivity index (χ1n) is 9.26. The minimum atomic E-state index is -2.84. The molecule has 2 heterocycles. The van der Waals surface area contributed by atoms with E-state index in [0.29, 0.717) is 51.9 Å². The number of nitrogens with two attached hydrogens (primary N) is 1. The van der Waals surface area contributed by atoms with E-state index in [1.807, 2.05) is 0 Å². The number of imidazole rings is 1. The first-order chi connectivity index (χ1) is 13.9. The maximum Gasteiger partial charge on any atom is 0.268 e. The summed E-state index contributed by atoms with van der Waals surface area (Å²) in [7, 11) is 0. The molecule has 0 saturated heterocycles. The molecule has 1 aliphatic rings. The Hall–Kier alpha value is -3.41. The van der Waals surface area contributed by atoms with Crippen LogP contribution in [-0.2, 0) is 6.54 Å². The van der Waals surface area contributed by atoms with Crippen molar-refractivity contribution in [3.63, 3.8) is 0 Å². The van der Waals surface area contributed by atoms with Crippen LogP contribution >= 0.6 is 0 Å². The summed E-state index contributed by atoms with van der Waals surface area (Å²) < 4.78 is 31.1. The molecule has 1 unspecified atom stereocenters. The van der Waals surface area contributed by atoms with Crippen molar-refractivity contribution in [3.8, 4) is 6.07 Å². The second-order valence-electron chi connectivity index (χ2n) is 7.14. The maximum atomic E-state index is 14.7. The molecule has 1 aliphatic carbocycles. The number of nitriles is 1. The predicted octanol–water partition coefficient (Wildman–Crippen LogP) is 3.72. The molecule has 9 heteroatoms. The van der Waals surface area contributed by atoms with Crippen LogP contribution in [0.3, 0.4) is 0 Å². The highest BCUT2D eigenvalue weighted by Gasteiger charge is 2.46. The fourth-order valence-electron chi connectivity index (χ4n) is 3.86. The van der Waals surface area contributed by atoms with E-state index in [4.69, 9.17) is 5.84 Å². The number of pyridine rings is 1. The number of halogens is 2. The third-order valence-corrected chi connectivity index (χ3v) is 5.22. The largest absolute Gasteiger partial charge is 0.323 e. The van der Waals surface area contributed by atoms with Crippen LogP contribution in [0.1, 0.15) is 43.6 Å². The standard InChI is InChI=1S/C20H19F2N7/c1-12(28-24)9-25-11-18-27-16-10-26-15-5-4-13(8-23)7-14(15)19(16)29(18)17-3-2-6-20(17,21)22/h4-5,7,9-10,17H,2-3,6,11,24H2,1H3. The van der Waals surface area contributed by atoms with Crippen molar-refractivity contribution in [3.05, 3.63) is 35.8 Å². The van der Waals surface area contributed by atoms with Crippen LogP contribution in [0.5, 0.6) is 0 Å². The number of rotatable bonds is 4. The van der Waals surface area contributed by atoms with E-state index in [1.54, 1.807) is 35.9 Å². The van der Waals surface area contributed by atoms with Gasteiger partial charge in [0.15, 0.2) is 0 Å². The Morgan fingerprint density at radius 2 is 2.28 bits per heavy atom. The molecule has 1 atom stereocenters. The van der Waals surface area contributed by atoms with Gasteiger partial charge in [0.25, 0.3) is 5.92 Å². The van der Waals surface area contributed by atoms with Crippen LogP contribution in [-0.4, -0.2) is 32.4 Å². The lowest BCUT2D eigenvalue weighted by atomic mass is 10.1. The molecule has 0 radical (unpaired) electrons. The van der Waals surface area contributed by atoms with Crippen molar-refractivity contribution in [2.24, 2.45) is 15.9 Å². The number of nitrogens with zero attached hydrogens (tertiary/aromatic N) is 6. The third-order valence-electron chi connectivity index (χ3n) is 5.22. The van der Waals surface area contributed by atoms with Crippen molar-refractivity contribution >= 4 is 33.9 Å². The van der Waals surface area contributed by atoms with Crippen LogP contribution in [0.2, 0.25) is 0 Å². The summed E-state index contributed by atoms with van der Waals surface area (Å²) in [5, 5.41) is 13.4. The Kier molecular flexibility index (Phi) is 4.70. The smallest absolute Gasteiger partial charge is 0.268 e. The fourth-order valence-corrected chi connectivity index (χ4v) is 3.86. The van der Waals surface area contributed by atoms with E-state index >= 15 is 0 Å². The molecule has 148 valence electrons. The molecule has 0 aliphatic heterocycles. The molecule has 1 fully saturated rings. The zero-order valence-electron chi connectivity index (χ0n) is 15.8. The molecule has 4 rings (SSSR count). The lowest BCUT2D eigenvalue weighted by Crippen LogP contribution is -2.26. The molecular weight excluding hydrogens is 376 g/mol. The Morgan fingerprint density at radius 1 is 1.45 bits per heavy atom. The molecule has 3 aromatic rings. The van der Waals surface area contributed by atoms with Crippen LogP contribution < -0.4 is 5.84 Å². The van der Waals surface area contributed by atoms with E-state index in [-0.39, 0.29) is 13.0 Å². The molecule has 2 N–H and O–H groups in total. The quantitative estimate of drug-likeness (QED) is 0.413. The number of fused-ring (bicyclic) bond motifs is 3. The fraction of sp³-hybridized carbons (Fsp3) is 0.350. The minimum Gasteiger partial charge on any atom is -0.323 e. The van der Waals surface area contributed by atoms with Gasteiger partial charge in [-0.2, -0.15) is 10.4 Å². The highest BCUT2D eigenvalue weighted by Crippen LogP contribution is 2.46. The maximum absolute atomic E-state index is 14.7. The molecule has 0 spiro atoms. The van der Waals surface area contributed by atoms with Gasteiger partial charge in [-0.05, 0) is 38.0 Å². The zero-order chi connectivity index (χ0) is 20.6. The summed E-state index contributed by atoms with van der Waals surface area (Å²) in [6.07, 6.45) is 3.69. The molecule has 1 aromatic carbocycles. The Balaban J connectivity index is 1.97. The lowest BCUT2D eigenvalue weighted by Gasteiger charge is -2.23. The molecule has 0 amide bonds. The minimum absolute atomic E-state index is 0.105. The summed E-state index contributed by atoms with van der Waals surface area (Å²) in [6, 6.07) is 6.13. The predicted molar refractivity (Wildman–Crippen MR) is 107 cm³/mol. The number of hydrogen-bond acceptors (Lipinski definition) is 6. The monoisotopic (exact) mass is 395 g/mol. The number of hydrazone groups is 1. The Bertz CT molecular complexity index is 1190. The Labute approximate surface area is 165 Å².